The molecule has 0 radical (unpaired) electrons. The van der Waals surface area contributed by atoms with Crippen LogP contribution in [0.15, 0.2) is 23.2 Å². The van der Waals surface area contributed by atoms with Crippen LogP contribution in [-0.2, 0) is 6.54 Å². The second-order valence-corrected chi connectivity index (χ2v) is 4.97. The van der Waals surface area contributed by atoms with Gasteiger partial charge in [0.15, 0.2) is 0 Å². The third-order valence-electron chi connectivity index (χ3n) is 2.52. The first kappa shape index (κ1) is 14.4. The van der Waals surface area contributed by atoms with Crippen LogP contribution in [0.5, 0.6) is 0 Å². The average Bonchev–Trinajstić information content (AvgIpc) is 2.89. The van der Waals surface area contributed by atoms with Crippen LogP contribution in [-0.4, -0.2) is 32.7 Å². The third kappa shape index (κ3) is 2.91. The van der Waals surface area contributed by atoms with E-state index in [1.807, 2.05) is 0 Å². The lowest BCUT2D eigenvalue weighted by atomic mass is 10.2. The van der Waals surface area contributed by atoms with E-state index < -0.39 is 16.5 Å². The van der Waals surface area contributed by atoms with Gasteiger partial charge in [0.25, 0.3) is 5.91 Å². The monoisotopic (exact) mass is 312 g/mol. The molecule has 2 aromatic rings. The van der Waals surface area contributed by atoms with Crippen molar-refractivity contribution >= 4 is 34.5 Å². The third-order valence-corrected chi connectivity index (χ3v) is 3.43. The molecule has 0 fully saturated rings. The van der Waals surface area contributed by atoms with Gasteiger partial charge in [-0.1, -0.05) is 11.6 Å². The first-order valence-corrected chi connectivity index (χ1v) is 6.74. The topological polar surface area (TPSA) is 89.2 Å². The van der Waals surface area contributed by atoms with E-state index in [4.69, 9.17) is 11.6 Å². The van der Waals surface area contributed by atoms with Gasteiger partial charge in [-0.25, -0.2) is 9.97 Å². The number of thiazole rings is 1. The Morgan fingerprint density at radius 3 is 2.90 bits per heavy atom. The van der Waals surface area contributed by atoms with Crippen LogP contribution >= 0.6 is 22.9 Å². The van der Waals surface area contributed by atoms with Crippen LogP contribution in [0.2, 0.25) is 5.15 Å². The maximum atomic E-state index is 12.3. The highest BCUT2D eigenvalue weighted by Crippen LogP contribution is 2.27. The van der Waals surface area contributed by atoms with E-state index in [-0.39, 0.29) is 17.3 Å². The molecule has 0 saturated carbocycles. The van der Waals surface area contributed by atoms with Crippen LogP contribution < -0.4 is 0 Å². The molecular weight excluding hydrogens is 304 g/mol. The Hall–Kier alpha value is -2.06. The van der Waals surface area contributed by atoms with Gasteiger partial charge in [-0.05, 0) is 6.07 Å². The van der Waals surface area contributed by atoms with E-state index in [1.54, 1.807) is 17.9 Å². The second-order valence-electron chi connectivity index (χ2n) is 3.90. The number of halogens is 1. The summed E-state index contributed by atoms with van der Waals surface area (Å²) in [6.07, 6.45) is 1.26. The number of amides is 1. The SMILES string of the molecule is CN(Cc1cscn1)C(=O)c1ccnc(Cl)c1[N+](=O)[O-]. The number of nitro groups is 1. The molecule has 2 aromatic heterocycles. The number of aromatic nitrogens is 2. The molecule has 1 amide bonds. The quantitative estimate of drug-likeness (QED) is 0.491. The van der Waals surface area contributed by atoms with Gasteiger partial charge < -0.3 is 4.90 Å². The molecule has 104 valence electrons. The van der Waals surface area contributed by atoms with Crippen molar-refractivity contribution in [1.82, 2.24) is 14.9 Å². The minimum absolute atomic E-state index is 0.0901. The summed E-state index contributed by atoms with van der Waals surface area (Å²) in [6.45, 7) is 0.263. The summed E-state index contributed by atoms with van der Waals surface area (Å²) in [6, 6.07) is 1.28. The fraction of sp³-hybridized carbons (Fsp3) is 0.182. The molecule has 0 aliphatic carbocycles. The standard InChI is InChI=1S/C11H9ClN4O3S/c1-15(4-7-5-20-6-14-7)11(17)8-2-3-13-10(12)9(8)16(18)19/h2-3,5-6H,4H2,1H3. The zero-order valence-corrected chi connectivity index (χ0v) is 11.9. The van der Waals surface area contributed by atoms with Crippen LogP contribution in [0.4, 0.5) is 5.69 Å². The predicted molar refractivity (Wildman–Crippen MR) is 73.8 cm³/mol. The van der Waals surface area contributed by atoms with Crippen molar-refractivity contribution < 1.29 is 9.72 Å². The van der Waals surface area contributed by atoms with Crippen molar-refractivity contribution in [2.45, 2.75) is 6.54 Å². The Morgan fingerprint density at radius 1 is 1.55 bits per heavy atom. The second kappa shape index (κ2) is 5.93. The smallest absolute Gasteiger partial charge is 0.319 e. The molecule has 7 nitrogen and oxygen atoms in total. The summed E-state index contributed by atoms with van der Waals surface area (Å²) in [5, 5.41) is 12.5. The number of carbonyl (C=O) groups excluding carboxylic acids is 1. The fourth-order valence-electron chi connectivity index (χ4n) is 1.61. The molecule has 0 saturated heterocycles. The van der Waals surface area contributed by atoms with Gasteiger partial charge in [0, 0.05) is 18.6 Å². The van der Waals surface area contributed by atoms with Gasteiger partial charge in [-0.2, -0.15) is 0 Å². The Bertz CT molecular complexity index is 647. The normalized spacial score (nSPS) is 10.3. The van der Waals surface area contributed by atoms with Crippen molar-refractivity contribution in [2.24, 2.45) is 0 Å². The Kier molecular flexibility index (Phi) is 4.26. The van der Waals surface area contributed by atoms with E-state index in [9.17, 15) is 14.9 Å². The highest BCUT2D eigenvalue weighted by Gasteiger charge is 2.27. The molecule has 0 unspecified atom stereocenters. The van der Waals surface area contributed by atoms with Crippen molar-refractivity contribution in [3.63, 3.8) is 0 Å². The lowest BCUT2D eigenvalue weighted by Crippen LogP contribution is -2.27. The van der Waals surface area contributed by atoms with Crippen LogP contribution in [0.1, 0.15) is 16.1 Å². The largest absolute Gasteiger partial charge is 0.336 e. The summed E-state index contributed by atoms with van der Waals surface area (Å²) in [5.41, 5.74) is 1.80. The fourth-order valence-corrected chi connectivity index (χ4v) is 2.39. The summed E-state index contributed by atoms with van der Waals surface area (Å²) in [5.74, 6) is -0.506. The van der Waals surface area contributed by atoms with Gasteiger partial charge in [0.05, 0.1) is 22.7 Å². The number of hydrogen-bond acceptors (Lipinski definition) is 6. The zero-order valence-electron chi connectivity index (χ0n) is 10.3. The lowest BCUT2D eigenvalue weighted by Gasteiger charge is -2.15. The first-order chi connectivity index (χ1) is 9.50. The Labute approximate surface area is 123 Å². The minimum Gasteiger partial charge on any atom is -0.336 e. The molecule has 0 atom stereocenters. The van der Waals surface area contributed by atoms with Gasteiger partial charge in [-0.15, -0.1) is 11.3 Å². The van der Waals surface area contributed by atoms with Crippen LogP contribution in [0.25, 0.3) is 0 Å². The summed E-state index contributed by atoms with van der Waals surface area (Å²) in [7, 11) is 1.54. The molecule has 2 heterocycles. The van der Waals surface area contributed by atoms with Crippen molar-refractivity contribution in [3.8, 4) is 0 Å². The van der Waals surface area contributed by atoms with E-state index >= 15 is 0 Å². The number of pyridine rings is 1. The van der Waals surface area contributed by atoms with E-state index in [0.29, 0.717) is 5.69 Å². The highest BCUT2D eigenvalue weighted by atomic mass is 35.5. The summed E-state index contributed by atoms with van der Waals surface area (Å²) in [4.78, 5) is 31.6. The lowest BCUT2D eigenvalue weighted by molar-refractivity contribution is -0.385. The van der Waals surface area contributed by atoms with Crippen LogP contribution in [0, 0.1) is 10.1 Å². The maximum absolute atomic E-state index is 12.3. The first-order valence-electron chi connectivity index (χ1n) is 5.42. The van der Waals surface area contributed by atoms with Gasteiger partial charge in [0.2, 0.25) is 5.15 Å². The summed E-state index contributed by atoms with van der Waals surface area (Å²) >= 11 is 7.09. The number of nitrogens with zero attached hydrogens (tertiary/aromatic N) is 4. The molecule has 9 heteroatoms. The minimum atomic E-state index is -0.709. The molecule has 20 heavy (non-hydrogen) atoms. The van der Waals surface area contributed by atoms with Crippen LogP contribution in [0.3, 0.4) is 0 Å². The molecule has 0 aromatic carbocycles. The molecule has 0 aliphatic heterocycles. The molecule has 0 N–H and O–H groups in total. The molecule has 0 aliphatic rings. The number of hydrogen-bond donors (Lipinski definition) is 0. The summed E-state index contributed by atoms with van der Waals surface area (Å²) < 4.78 is 0. The van der Waals surface area contributed by atoms with Gasteiger partial charge in [0.1, 0.15) is 5.56 Å². The number of carbonyl (C=O) groups is 1. The zero-order chi connectivity index (χ0) is 14.7. The number of rotatable bonds is 4. The average molecular weight is 313 g/mol. The molecule has 0 spiro atoms. The molecular formula is C11H9ClN4O3S. The van der Waals surface area contributed by atoms with Crippen molar-refractivity contribution in [1.29, 1.82) is 0 Å². The maximum Gasteiger partial charge on any atom is 0.319 e. The molecule has 0 bridgehead atoms. The predicted octanol–water partition coefficient (Wildman–Crippen LogP) is 2.37. The Morgan fingerprint density at radius 2 is 2.30 bits per heavy atom. The van der Waals surface area contributed by atoms with E-state index in [2.05, 4.69) is 9.97 Å². The van der Waals surface area contributed by atoms with Crippen molar-refractivity contribution in [2.75, 3.05) is 7.05 Å². The van der Waals surface area contributed by atoms with E-state index in [1.165, 1.54) is 28.5 Å². The van der Waals surface area contributed by atoms with Gasteiger partial charge in [-0.3, -0.25) is 14.9 Å². The van der Waals surface area contributed by atoms with E-state index in [0.717, 1.165) is 0 Å². The van der Waals surface area contributed by atoms with Gasteiger partial charge >= 0.3 is 5.69 Å². The molecule has 2 rings (SSSR count). The Balaban J connectivity index is 2.29. The highest BCUT2D eigenvalue weighted by molar-refractivity contribution is 7.07. The van der Waals surface area contributed by atoms with Crippen molar-refractivity contribution in [3.05, 3.63) is 49.7 Å².